The van der Waals surface area contributed by atoms with Gasteiger partial charge in [0.05, 0.1) is 12.3 Å². The highest BCUT2D eigenvalue weighted by Gasteiger charge is 2.33. The molecule has 1 atom stereocenters. The summed E-state index contributed by atoms with van der Waals surface area (Å²) in [6, 6.07) is 11.7. The van der Waals surface area contributed by atoms with Crippen LogP contribution < -0.4 is 0 Å². The van der Waals surface area contributed by atoms with E-state index >= 15 is 0 Å². The fourth-order valence-electron chi connectivity index (χ4n) is 2.72. The van der Waals surface area contributed by atoms with Gasteiger partial charge in [0, 0.05) is 17.3 Å². The highest BCUT2D eigenvalue weighted by atomic mass is 79.9. The first-order valence-electron chi connectivity index (χ1n) is 7.73. The molecule has 2 aromatic rings. The first-order chi connectivity index (χ1) is 11.0. The highest BCUT2D eigenvalue weighted by molar-refractivity contribution is 9.10. The van der Waals surface area contributed by atoms with E-state index in [1.807, 2.05) is 50.2 Å². The molecule has 0 radical (unpaired) electrons. The molecule has 1 aromatic carbocycles. The van der Waals surface area contributed by atoms with Crippen LogP contribution in [0.2, 0.25) is 0 Å². The second kappa shape index (κ2) is 6.71. The number of benzene rings is 1. The maximum atomic E-state index is 12.6. The van der Waals surface area contributed by atoms with Crippen LogP contribution in [0.4, 0.5) is 0 Å². The number of hydrogen-bond acceptors (Lipinski definition) is 3. The molecule has 0 spiro atoms. The van der Waals surface area contributed by atoms with E-state index in [1.54, 1.807) is 11.3 Å². The van der Waals surface area contributed by atoms with Gasteiger partial charge in [0.15, 0.2) is 0 Å². The number of amides is 1. The lowest BCUT2D eigenvalue weighted by atomic mass is 10.0. The lowest BCUT2D eigenvalue weighted by molar-refractivity contribution is -0.133. The summed E-state index contributed by atoms with van der Waals surface area (Å²) in [5.74, 6) is 1.08. The molecule has 0 saturated heterocycles. The monoisotopic (exact) mass is 374 g/mol. The summed E-state index contributed by atoms with van der Waals surface area (Å²) in [7, 11) is 0. The third-order valence-electron chi connectivity index (χ3n) is 3.81. The molecule has 1 amide bonds. The van der Waals surface area contributed by atoms with E-state index in [0.29, 0.717) is 18.8 Å². The van der Waals surface area contributed by atoms with Gasteiger partial charge in [-0.15, -0.1) is 0 Å². The Morgan fingerprint density at radius 3 is 2.70 bits per heavy atom. The van der Waals surface area contributed by atoms with Gasteiger partial charge in [-0.05, 0) is 35.7 Å². The van der Waals surface area contributed by atoms with Crippen molar-refractivity contribution in [3.05, 3.63) is 58.5 Å². The number of hydrogen-bond donors (Lipinski definition) is 0. The number of carbonyl (C=O) groups excluding carboxylic acids is 1. The van der Waals surface area contributed by atoms with Crippen LogP contribution in [0.25, 0.3) is 0 Å². The van der Waals surface area contributed by atoms with Crippen LogP contribution in [0.5, 0.6) is 0 Å². The lowest BCUT2D eigenvalue weighted by Gasteiger charge is -2.22. The molecule has 0 N–H and O–H groups in total. The lowest BCUT2D eigenvalue weighted by Crippen LogP contribution is -2.27. The summed E-state index contributed by atoms with van der Waals surface area (Å²) in [4.78, 5) is 12.6. The van der Waals surface area contributed by atoms with Crippen molar-refractivity contribution in [2.45, 2.75) is 32.7 Å². The van der Waals surface area contributed by atoms with Gasteiger partial charge in [-0.25, -0.2) is 5.01 Å². The summed E-state index contributed by atoms with van der Waals surface area (Å²) >= 11 is 3.45. The smallest absolute Gasteiger partial charge is 0.243 e. The Morgan fingerprint density at radius 1 is 1.35 bits per heavy atom. The number of rotatable bonds is 4. The molecule has 0 unspecified atom stereocenters. The van der Waals surface area contributed by atoms with Gasteiger partial charge in [0.1, 0.15) is 11.5 Å². The van der Waals surface area contributed by atoms with Crippen molar-refractivity contribution in [1.29, 1.82) is 0 Å². The predicted molar refractivity (Wildman–Crippen MR) is 93.0 cm³/mol. The van der Waals surface area contributed by atoms with Crippen molar-refractivity contribution in [3.63, 3.8) is 0 Å². The van der Waals surface area contributed by atoms with E-state index in [4.69, 9.17) is 4.42 Å². The van der Waals surface area contributed by atoms with E-state index in [0.717, 1.165) is 21.5 Å². The van der Waals surface area contributed by atoms with Gasteiger partial charge in [-0.3, -0.25) is 4.79 Å². The van der Waals surface area contributed by atoms with Gasteiger partial charge < -0.3 is 4.42 Å². The average molecular weight is 375 g/mol. The summed E-state index contributed by atoms with van der Waals surface area (Å²) in [5.41, 5.74) is 1.90. The highest BCUT2D eigenvalue weighted by Crippen LogP contribution is 2.34. The van der Waals surface area contributed by atoms with E-state index in [1.165, 1.54) is 0 Å². The van der Waals surface area contributed by atoms with Crippen LogP contribution in [0.3, 0.4) is 0 Å². The molecular weight excluding hydrogens is 356 g/mol. The Balaban J connectivity index is 1.91. The molecular formula is C18H19BrN2O2. The van der Waals surface area contributed by atoms with Gasteiger partial charge in [-0.2, -0.15) is 5.10 Å². The van der Waals surface area contributed by atoms with Crippen molar-refractivity contribution in [1.82, 2.24) is 5.01 Å². The molecule has 23 heavy (non-hydrogen) atoms. The Hall–Kier alpha value is -1.88. The quantitative estimate of drug-likeness (QED) is 0.773. The molecule has 1 aliphatic rings. The molecule has 4 nitrogen and oxygen atoms in total. The molecule has 0 bridgehead atoms. The first kappa shape index (κ1) is 16.0. The third kappa shape index (κ3) is 3.55. The Morgan fingerprint density at radius 2 is 2.09 bits per heavy atom. The Bertz CT molecular complexity index is 705. The van der Waals surface area contributed by atoms with Crippen LogP contribution in [-0.2, 0) is 4.79 Å². The Labute approximate surface area is 144 Å². The molecule has 2 heterocycles. The molecule has 0 saturated carbocycles. The fraction of sp³-hybridized carbons (Fsp3) is 0.333. The molecule has 3 rings (SSSR count). The zero-order valence-electron chi connectivity index (χ0n) is 13.2. The largest absolute Gasteiger partial charge is 0.463 e. The van der Waals surface area contributed by atoms with Crippen LogP contribution >= 0.6 is 15.9 Å². The molecule has 5 heteroatoms. The second-order valence-electron chi connectivity index (χ2n) is 6.13. The third-order valence-corrected chi connectivity index (χ3v) is 4.34. The molecule has 120 valence electrons. The zero-order valence-corrected chi connectivity index (χ0v) is 14.8. The first-order valence-corrected chi connectivity index (χ1v) is 8.53. The van der Waals surface area contributed by atoms with Crippen LogP contribution in [0, 0.1) is 5.92 Å². The minimum Gasteiger partial charge on any atom is -0.463 e. The van der Waals surface area contributed by atoms with Crippen molar-refractivity contribution in [2.24, 2.45) is 11.0 Å². The van der Waals surface area contributed by atoms with E-state index < -0.39 is 0 Å². The number of halogens is 1. The van der Waals surface area contributed by atoms with Crippen molar-refractivity contribution >= 4 is 27.5 Å². The van der Waals surface area contributed by atoms with Crippen molar-refractivity contribution in [3.8, 4) is 0 Å². The fourth-order valence-corrected chi connectivity index (χ4v) is 2.98. The van der Waals surface area contributed by atoms with Crippen LogP contribution in [0.1, 0.15) is 44.1 Å². The van der Waals surface area contributed by atoms with Gasteiger partial charge in [-0.1, -0.05) is 41.9 Å². The van der Waals surface area contributed by atoms with Crippen LogP contribution in [-0.4, -0.2) is 16.6 Å². The van der Waals surface area contributed by atoms with E-state index in [9.17, 15) is 4.79 Å². The molecule has 0 aliphatic carbocycles. The number of hydrazone groups is 1. The summed E-state index contributed by atoms with van der Waals surface area (Å²) < 4.78 is 6.47. The molecule has 1 aliphatic heterocycles. The van der Waals surface area contributed by atoms with Gasteiger partial charge >= 0.3 is 0 Å². The minimum atomic E-state index is -0.0746. The predicted octanol–water partition coefficient (Wildman–Crippen LogP) is 4.77. The topological polar surface area (TPSA) is 45.8 Å². The SMILES string of the molecule is CC(C)CC(=O)N1N=C(c2ccco2)C[C@H]1c1ccc(Br)cc1. The van der Waals surface area contributed by atoms with Crippen LogP contribution in [0.15, 0.2) is 56.7 Å². The van der Waals surface area contributed by atoms with Crippen molar-refractivity contribution in [2.75, 3.05) is 0 Å². The molecule has 1 aromatic heterocycles. The summed E-state index contributed by atoms with van der Waals surface area (Å²) in [5, 5.41) is 6.18. The number of nitrogens with zero attached hydrogens (tertiary/aromatic N) is 2. The zero-order chi connectivity index (χ0) is 16.4. The minimum absolute atomic E-state index is 0.0504. The normalized spacial score (nSPS) is 17.7. The van der Waals surface area contributed by atoms with E-state index in [-0.39, 0.29) is 11.9 Å². The van der Waals surface area contributed by atoms with Crippen molar-refractivity contribution < 1.29 is 9.21 Å². The summed E-state index contributed by atoms with van der Waals surface area (Å²) in [6.07, 6.45) is 2.78. The maximum Gasteiger partial charge on any atom is 0.243 e. The van der Waals surface area contributed by atoms with E-state index in [2.05, 4.69) is 21.0 Å². The summed E-state index contributed by atoms with van der Waals surface area (Å²) in [6.45, 7) is 4.08. The van der Waals surface area contributed by atoms with Gasteiger partial charge in [0.25, 0.3) is 0 Å². The van der Waals surface area contributed by atoms with Gasteiger partial charge in [0.2, 0.25) is 5.91 Å². The average Bonchev–Trinajstić information content (AvgIpc) is 3.16. The second-order valence-corrected chi connectivity index (χ2v) is 7.05. The molecule has 0 fully saturated rings. The standard InChI is InChI=1S/C18H19BrN2O2/c1-12(2)10-18(22)21-16(13-5-7-14(19)8-6-13)11-15(20-21)17-4-3-9-23-17/h3-9,12,16H,10-11H2,1-2H3/t16-/m0/s1. The number of carbonyl (C=O) groups is 1. The Kier molecular flexibility index (Phi) is 4.66. The number of furan rings is 1. The maximum absolute atomic E-state index is 12.6.